The summed E-state index contributed by atoms with van der Waals surface area (Å²) in [5.74, 6) is -0.693. The minimum absolute atomic E-state index is 0.166. The van der Waals surface area contributed by atoms with Gasteiger partial charge in [0.2, 0.25) is 0 Å². The molecule has 0 aliphatic heterocycles. The second-order valence-corrected chi connectivity index (χ2v) is 4.05. The predicted molar refractivity (Wildman–Crippen MR) is 76.4 cm³/mol. The Hall–Kier alpha value is -2.89. The molecule has 0 aliphatic carbocycles. The summed E-state index contributed by atoms with van der Waals surface area (Å²) in [6.45, 7) is 0. The van der Waals surface area contributed by atoms with Crippen molar-refractivity contribution in [3.05, 3.63) is 53.9 Å². The minimum Gasteiger partial charge on any atom is -0.399 e. The molecule has 0 radical (unpaired) electrons. The zero-order valence-electron chi connectivity index (χ0n) is 10.9. The van der Waals surface area contributed by atoms with Crippen LogP contribution in [0.1, 0.15) is 20.8 Å². The fourth-order valence-electron chi connectivity index (χ4n) is 1.63. The number of anilines is 2. The van der Waals surface area contributed by atoms with E-state index in [1.165, 1.54) is 13.2 Å². The van der Waals surface area contributed by atoms with Crippen molar-refractivity contribution in [1.82, 2.24) is 10.3 Å². The molecule has 0 fully saturated rings. The number of benzene rings is 1. The van der Waals surface area contributed by atoms with E-state index in [2.05, 4.69) is 15.6 Å². The average Bonchev–Trinajstić information content (AvgIpc) is 2.47. The fourth-order valence-corrected chi connectivity index (χ4v) is 1.63. The van der Waals surface area contributed by atoms with Crippen LogP contribution < -0.4 is 16.4 Å². The van der Waals surface area contributed by atoms with E-state index >= 15 is 0 Å². The van der Waals surface area contributed by atoms with E-state index in [0.717, 1.165) is 0 Å². The van der Waals surface area contributed by atoms with E-state index in [1.54, 1.807) is 36.4 Å². The van der Waals surface area contributed by atoms with Crippen molar-refractivity contribution < 1.29 is 9.59 Å². The Labute approximate surface area is 116 Å². The Kier molecular flexibility index (Phi) is 3.95. The van der Waals surface area contributed by atoms with Crippen LogP contribution in [0.2, 0.25) is 0 Å². The van der Waals surface area contributed by atoms with Crippen molar-refractivity contribution in [2.75, 3.05) is 18.1 Å². The van der Waals surface area contributed by atoms with Gasteiger partial charge in [0.05, 0.1) is 5.69 Å². The van der Waals surface area contributed by atoms with E-state index in [0.29, 0.717) is 16.9 Å². The van der Waals surface area contributed by atoms with Gasteiger partial charge in [0.1, 0.15) is 0 Å². The number of nitrogens with zero attached hydrogens (tertiary/aromatic N) is 1. The van der Waals surface area contributed by atoms with Crippen molar-refractivity contribution in [3.63, 3.8) is 0 Å². The maximum atomic E-state index is 12.1. The van der Waals surface area contributed by atoms with Gasteiger partial charge in [0, 0.05) is 24.5 Å². The molecule has 0 saturated heterocycles. The van der Waals surface area contributed by atoms with E-state index in [9.17, 15) is 9.59 Å². The first-order valence-electron chi connectivity index (χ1n) is 5.96. The third kappa shape index (κ3) is 2.92. The van der Waals surface area contributed by atoms with Crippen molar-refractivity contribution >= 4 is 23.2 Å². The molecule has 0 saturated carbocycles. The zero-order valence-corrected chi connectivity index (χ0v) is 10.9. The second-order valence-electron chi connectivity index (χ2n) is 4.05. The van der Waals surface area contributed by atoms with Crippen LogP contribution in [-0.2, 0) is 0 Å². The first-order chi connectivity index (χ1) is 9.61. The van der Waals surface area contributed by atoms with Gasteiger partial charge in [-0.2, -0.15) is 0 Å². The van der Waals surface area contributed by atoms with E-state index in [-0.39, 0.29) is 17.5 Å². The molecular formula is C14H14N4O2. The highest BCUT2D eigenvalue weighted by Gasteiger charge is 2.14. The lowest BCUT2D eigenvalue weighted by Crippen LogP contribution is -2.22. The van der Waals surface area contributed by atoms with Crippen LogP contribution in [0, 0.1) is 0 Å². The van der Waals surface area contributed by atoms with Crippen LogP contribution in [0.5, 0.6) is 0 Å². The third-order valence-electron chi connectivity index (χ3n) is 2.67. The number of amides is 2. The van der Waals surface area contributed by atoms with E-state index in [4.69, 9.17) is 5.73 Å². The Morgan fingerprint density at radius 2 is 1.80 bits per heavy atom. The summed E-state index contributed by atoms with van der Waals surface area (Å²) in [7, 11) is 1.50. The number of carbonyl (C=O) groups excluding carboxylic acids is 2. The first kappa shape index (κ1) is 13.5. The highest BCUT2D eigenvalue weighted by atomic mass is 16.2. The topological polar surface area (TPSA) is 97.1 Å². The minimum atomic E-state index is -0.363. The molecule has 0 atom stereocenters. The summed E-state index contributed by atoms with van der Waals surface area (Å²) in [6.07, 6.45) is 1.49. The molecule has 0 aliphatic rings. The lowest BCUT2D eigenvalue weighted by molar-refractivity contribution is 0.0959. The van der Waals surface area contributed by atoms with E-state index in [1.807, 2.05) is 0 Å². The highest BCUT2D eigenvalue weighted by molar-refractivity contribution is 6.08. The molecular weight excluding hydrogens is 256 g/mol. The number of nitrogen functional groups attached to an aromatic ring is 1. The number of carbonyl (C=O) groups is 2. The molecule has 20 heavy (non-hydrogen) atoms. The average molecular weight is 270 g/mol. The summed E-state index contributed by atoms with van der Waals surface area (Å²) in [5.41, 5.74) is 7.12. The normalized spacial score (nSPS) is 9.85. The van der Waals surface area contributed by atoms with Crippen LogP contribution in [0.15, 0.2) is 42.6 Å². The Morgan fingerprint density at radius 1 is 1.10 bits per heavy atom. The Morgan fingerprint density at radius 3 is 2.45 bits per heavy atom. The number of pyridine rings is 1. The predicted octanol–water partition coefficient (Wildman–Crippen LogP) is 1.28. The van der Waals surface area contributed by atoms with Gasteiger partial charge in [0.15, 0.2) is 5.69 Å². The molecule has 6 nitrogen and oxygen atoms in total. The summed E-state index contributed by atoms with van der Waals surface area (Å²) in [4.78, 5) is 27.7. The van der Waals surface area contributed by atoms with Crippen molar-refractivity contribution in [2.45, 2.75) is 0 Å². The lowest BCUT2D eigenvalue weighted by atomic mass is 10.2. The van der Waals surface area contributed by atoms with Gasteiger partial charge in [0.25, 0.3) is 11.8 Å². The SMILES string of the molecule is CNC(=O)c1ncccc1NC(=O)c1ccc(N)cc1. The standard InChI is InChI=1S/C14H14N4O2/c1-16-14(20)12-11(3-2-8-17-12)18-13(19)9-4-6-10(15)7-5-9/h2-8H,15H2,1H3,(H,16,20)(H,18,19). The second kappa shape index (κ2) is 5.83. The first-order valence-corrected chi connectivity index (χ1v) is 5.96. The van der Waals surface area contributed by atoms with Crippen molar-refractivity contribution in [1.29, 1.82) is 0 Å². The van der Waals surface area contributed by atoms with Gasteiger partial charge in [-0.15, -0.1) is 0 Å². The molecule has 6 heteroatoms. The summed E-state index contributed by atoms with van der Waals surface area (Å²) in [5, 5.41) is 5.13. The maximum absolute atomic E-state index is 12.1. The molecule has 1 heterocycles. The summed E-state index contributed by atoms with van der Waals surface area (Å²) in [6, 6.07) is 9.76. The monoisotopic (exact) mass is 270 g/mol. The zero-order chi connectivity index (χ0) is 14.5. The van der Waals surface area contributed by atoms with Crippen LogP contribution in [0.25, 0.3) is 0 Å². The molecule has 4 N–H and O–H groups in total. The summed E-state index contributed by atoms with van der Waals surface area (Å²) >= 11 is 0. The number of hydrogen-bond donors (Lipinski definition) is 3. The van der Waals surface area contributed by atoms with E-state index < -0.39 is 0 Å². The Bertz CT molecular complexity index is 638. The summed E-state index contributed by atoms with van der Waals surface area (Å²) < 4.78 is 0. The van der Waals surface area contributed by atoms with Crippen LogP contribution >= 0.6 is 0 Å². The molecule has 1 aromatic carbocycles. The molecule has 102 valence electrons. The molecule has 0 spiro atoms. The number of hydrogen-bond acceptors (Lipinski definition) is 4. The highest BCUT2D eigenvalue weighted by Crippen LogP contribution is 2.14. The van der Waals surface area contributed by atoms with Crippen LogP contribution in [0.3, 0.4) is 0 Å². The van der Waals surface area contributed by atoms with Crippen molar-refractivity contribution in [3.8, 4) is 0 Å². The third-order valence-corrected chi connectivity index (χ3v) is 2.67. The molecule has 1 aromatic heterocycles. The molecule has 0 unspecified atom stereocenters. The molecule has 2 amide bonds. The van der Waals surface area contributed by atoms with Gasteiger partial charge < -0.3 is 16.4 Å². The molecule has 2 rings (SSSR count). The number of aromatic nitrogens is 1. The smallest absolute Gasteiger partial charge is 0.271 e. The van der Waals surface area contributed by atoms with Crippen LogP contribution in [0.4, 0.5) is 11.4 Å². The maximum Gasteiger partial charge on any atom is 0.271 e. The van der Waals surface area contributed by atoms with Crippen molar-refractivity contribution in [2.24, 2.45) is 0 Å². The van der Waals surface area contributed by atoms with Crippen LogP contribution in [-0.4, -0.2) is 23.8 Å². The van der Waals surface area contributed by atoms with Gasteiger partial charge in [-0.1, -0.05) is 0 Å². The van der Waals surface area contributed by atoms with Gasteiger partial charge in [-0.3, -0.25) is 9.59 Å². The molecule has 0 bridgehead atoms. The number of nitrogens with two attached hydrogens (primary N) is 1. The lowest BCUT2D eigenvalue weighted by Gasteiger charge is -2.09. The fraction of sp³-hybridized carbons (Fsp3) is 0.0714. The quantitative estimate of drug-likeness (QED) is 0.732. The van der Waals surface area contributed by atoms with Gasteiger partial charge in [-0.25, -0.2) is 4.98 Å². The Balaban J connectivity index is 2.24. The van der Waals surface area contributed by atoms with Gasteiger partial charge in [-0.05, 0) is 36.4 Å². The number of rotatable bonds is 3. The largest absolute Gasteiger partial charge is 0.399 e. The van der Waals surface area contributed by atoms with Gasteiger partial charge >= 0.3 is 0 Å². The molecule has 2 aromatic rings. The number of nitrogens with one attached hydrogen (secondary N) is 2.